The van der Waals surface area contributed by atoms with Gasteiger partial charge in [-0.25, -0.2) is 4.98 Å². The summed E-state index contributed by atoms with van der Waals surface area (Å²) in [6, 6.07) is 15.3. The Labute approximate surface area is 154 Å². The maximum absolute atomic E-state index is 12.7. The number of carbonyl (C=O) groups excluding carboxylic acids is 1. The molecule has 2 aromatic carbocycles. The number of rotatable bonds is 3. The van der Waals surface area contributed by atoms with Crippen LogP contribution in [0.4, 0.5) is 11.4 Å². The predicted octanol–water partition coefficient (Wildman–Crippen LogP) is 4.60. The number of nitrogen functional groups attached to an aromatic ring is 1. The molecule has 0 saturated carbocycles. The highest BCUT2D eigenvalue weighted by atomic mass is 32.1. The summed E-state index contributed by atoms with van der Waals surface area (Å²) in [6.45, 7) is 1.95. The zero-order valence-corrected chi connectivity index (χ0v) is 15.2. The number of pyridine rings is 1. The van der Waals surface area contributed by atoms with Crippen molar-refractivity contribution in [2.24, 2.45) is 0 Å². The summed E-state index contributed by atoms with van der Waals surface area (Å²) < 4.78 is 5.25. The third-order valence-electron chi connectivity index (χ3n) is 4.32. The summed E-state index contributed by atoms with van der Waals surface area (Å²) >= 11 is 1.30. The zero-order chi connectivity index (χ0) is 18.3. The molecule has 6 heteroatoms. The Morgan fingerprint density at radius 2 is 2.00 bits per heavy atom. The number of nitrogens with zero attached hydrogens (tertiary/aromatic N) is 1. The number of carbonyl (C=O) groups is 1. The minimum absolute atomic E-state index is 0.221. The molecule has 0 aliphatic carbocycles. The molecule has 0 unspecified atom stereocenters. The molecular formula is C20H17N3O2S. The van der Waals surface area contributed by atoms with Gasteiger partial charge in [-0.1, -0.05) is 18.2 Å². The van der Waals surface area contributed by atoms with Crippen LogP contribution in [0, 0.1) is 6.92 Å². The second kappa shape index (κ2) is 6.31. The predicted molar refractivity (Wildman–Crippen MR) is 107 cm³/mol. The van der Waals surface area contributed by atoms with Crippen LogP contribution in [0.2, 0.25) is 0 Å². The van der Waals surface area contributed by atoms with Crippen molar-refractivity contribution < 1.29 is 9.53 Å². The van der Waals surface area contributed by atoms with Crippen LogP contribution in [-0.4, -0.2) is 18.0 Å². The normalized spacial score (nSPS) is 11.0. The van der Waals surface area contributed by atoms with Crippen molar-refractivity contribution in [3.05, 3.63) is 59.0 Å². The molecule has 4 aromatic rings. The van der Waals surface area contributed by atoms with Crippen LogP contribution < -0.4 is 15.8 Å². The standard InChI is InChI=1S/C20H17N3O2S/c1-11-5-3-4-6-15(11)22-19(24)18-17(21)14-9-12-7-8-13(25-2)10-16(12)23-20(14)26-18/h3-10H,21H2,1-2H3,(H,22,24). The SMILES string of the molecule is COc1ccc2cc3c(N)c(C(=O)Nc4ccccc4C)sc3nc2c1. The molecule has 0 aliphatic heterocycles. The van der Waals surface area contributed by atoms with Gasteiger partial charge in [0.1, 0.15) is 15.5 Å². The highest BCUT2D eigenvalue weighted by molar-refractivity contribution is 7.21. The third-order valence-corrected chi connectivity index (χ3v) is 5.44. The van der Waals surface area contributed by atoms with E-state index < -0.39 is 0 Å². The first-order chi connectivity index (χ1) is 12.6. The molecule has 2 aromatic heterocycles. The lowest BCUT2D eigenvalue weighted by molar-refractivity contribution is 0.103. The minimum atomic E-state index is -0.221. The third kappa shape index (κ3) is 2.74. The Morgan fingerprint density at radius 1 is 1.19 bits per heavy atom. The number of para-hydroxylation sites is 1. The number of ether oxygens (including phenoxy) is 1. The molecule has 1 amide bonds. The van der Waals surface area contributed by atoms with Crippen molar-refractivity contribution in [2.75, 3.05) is 18.2 Å². The van der Waals surface area contributed by atoms with E-state index in [1.807, 2.05) is 55.5 Å². The molecule has 0 aliphatic rings. The average molecular weight is 363 g/mol. The second-order valence-electron chi connectivity index (χ2n) is 6.01. The molecule has 5 nitrogen and oxygen atoms in total. The van der Waals surface area contributed by atoms with E-state index in [2.05, 4.69) is 10.3 Å². The summed E-state index contributed by atoms with van der Waals surface area (Å²) in [5, 5.41) is 4.68. The van der Waals surface area contributed by atoms with Crippen LogP contribution in [0.15, 0.2) is 48.5 Å². The van der Waals surface area contributed by atoms with E-state index in [1.165, 1.54) is 11.3 Å². The number of anilines is 2. The fourth-order valence-corrected chi connectivity index (χ4v) is 3.84. The molecule has 0 atom stereocenters. The van der Waals surface area contributed by atoms with E-state index in [0.717, 1.165) is 38.1 Å². The van der Waals surface area contributed by atoms with Crippen LogP contribution >= 0.6 is 11.3 Å². The Balaban J connectivity index is 1.78. The lowest BCUT2D eigenvalue weighted by Gasteiger charge is -2.07. The van der Waals surface area contributed by atoms with Crippen LogP contribution in [0.1, 0.15) is 15.2 Å². The van der Waals surface area contributed by atoms with Gasteiger partial charge in [0.2, 0.25) is 0 Å². The molecule has 2 heterocycles. The topological polar surface area (TPSA) is 77.2 Å². The van der Waals surface area contributed by atoms with E-state index in [0.29, 0.717) is 10.6 Å². The quantitative estimate of drug-likeness (QED) is 0.558. The molecule has 4 rings (SSSR count). The van der Waals surface area contributed by atoms with E-state index in [-0.39, 0.29) is 5.91 Å². The number of benzene rings is 2. The summed E-state index contributed by atoms with van der Waals surface area (Å²) in [7, 11) is 1.62. The molecule has 0 saturated heterocycles. The molecule has 0 radical (unpaired) electrons. The van der Waals surface area contributed by atoms with Gasteiger partial charge in [0.25, 0.3) is 5.91 Å². The van der Waals surface area contributed by atoms with Crippen molar-refractivity contribution in [1.29, 1.82) is 0 Å². The monoisotopic (exact) mass is 363 g/mol. The fraction of sp³-hybridized carbons (Fsp3) is 0.100. The first-order valence-electron chi connectivity index (χ1n) is 8.10. The molecule has 130 valence electrons. The average Bonchev–Trinajstić information content (AvgIpc) is 2.97. The Morgan fingerprint density at radius 3 is 2.77 bits per heavy atom. The molecule has 0 bridgehead atoms. The first-order valence-corrected chi connectivity index (χ1v) is 8.92. The molecular weight excluding hydrogens is 346 g/mol. The first kappa shape index (κ1) is 16.4. The van der Waals surface area contributed by atoms with E-state index in [1.54, 1.807) is 7.11 Å². The number of methoxy groups -OCH3 is 1. The summed E-state index contributed by atoms with van der Waals surface area (Å²) in [4.78, 5) is 18.6. The second-order valence-corrected chi connectivity index (χ2v) is 7.01. The summed E-state index contributed by atoms with van der Waals surface area (Å²) in [6.07, 6.45) is 0. The number of thiophene rings is 1. The van der Waals surface area contributed by atoms with Crippen LogP contribution in [-0.2, 0) is 0 Å². The number of amides is 1. The van der Waals surface area contributed by atoms with Crippen molar-refractivity contribution in [2.45, 2.75) is 6.92 Å². The number of aromatic nitrogens is 1. The van der Waals surface area contributed by atoms with Gasteiger partial charge in [-0.05, 0) is 36.8 Å². The number of nitrogens with one attached hydrogen (secondary N) is 1. The molecule has 0 fully saturated rings. The van der Waals surface area contributed by atoms with Crippen LogP contribution in [0.3, 0.4) is 0 Å². The largest absolute Gasteiger partial charge is 0.497 e. The van der Waals surface area contributed by atoms with Gasteiger partial charge in [-0.2, -0.15) is 0 Å². The van der Waals surface area contributed by atoms with Crippen molar-refractivity contribution >= 4 is 49.7 Å². The zero-order valence-electron chi connectivity index (χ0n) is 14.4. The van der Waals surface area contributed by atoms with Gasteiger partial charge in [-0.15, -0.1) is 11.3 Å². The van der Waals surface area contributed by atoms with Crippen molar-refractivity contribution in [3.63, 3.8) is 0 Å². The lowest BCUT2D eigenvalue weighted by atomic mass is 10.1. The maximum atomic E-state index is 12.7. The number of nitrogens with two attached hydrogens (primary N) is 1. The summed E-state index contributed by atoms with van der Waals surface area (Å²) in [5.41, 5.74) is 9.30. The smallest absolute Gasteiger partial charge is 0.267 e. The molecule has 26 heavy (non-hydrogen) atoms. The van der Waals surface area contributed by atoms with Crippen LogP contribution in [0.25, 0.3) is 21.1 Å². The van der Waals surface area contributed by atoms with Crippen molar-refractivity contribution in [1.82, 2.24) is 4.98 Å². The minimum Gasteiger partial charge on any atom is -0.497 e. The molecule has 3 N–H and O–H groups in total. The Kier molecular flexibility index (Phi) is 3.97. The molecule has 0 spiro atoms. The number of fused-ring (bicyclic) bond motifs is 2. The van der Waals surface area contributed by atoms with E-state index >= 15 is 0 Å². The van der Waals surface area contributed by atoms with Gasteiger partial charge >= 0.3 is 0 Å². The maximum Gasteiger partial charge on any atom is 0.267 e. The number of aryl methyl sites for hydroxylation is 1. The van der Waals surface area contributed by atoms with Crippen LogP contribution in [0.5, 0.6) is 5.75 Å². The summed E-state index contributed by atoms with van der Waals surface area (Å²) in [5.74, 6) is 0.521. The number of hydrogen-bond donors (Lipinski definition) is 2. The highest BCUT2D eigenvalue weighted by Gasteiger charge is 2.18. The lowest BCUT2D eigenvalue weighted by Crippen LogP contribution is -2.12. The van der Waals surface area contributed by atoms with E-state index in [9.17, 15) is 4.79 Å². The van der Waals surface area contributed by atoms with E-state index in [4.69, 9.17) is 10.5 Å². The van der Waals surface area contributed by atoms with Crippen molar-refractivity contribution in [3.8, 4) is 5.75 Å². The van der Waals surface area contributed by atoms with Gasteiger partial charge in [0, 0.05) is 22.5 Å². The van der Waals surface area contributed by atoms with Gasteiger partial charge in [0.05, 0.1) is 18.3 Å². The fourth-order valence-electron chi connectivity index (χ4n) is 2.86. The Hall–Kier alpha value is -3.12. The van der Waals surface area contributed by atoms with Gasteiger partial charge in [-0.3, -0.25) is 4.79 Å². The Bertz CT molecular complexity index is 1150. The highest BCUT2D eigenvalue weighted by Crippen LogP contribution is 2.35. The number of hydrogen-bond acceptors (Lipinski definition) is 5. The van der Waals surface area contributed by atoms with Gasteiger partial charge < -0.3 is 15.8 Å². The van der Waals surface area contributed by atoms with Gasteiger partial charge in [0.15, 0.2) is 0 Å².